The summed E-state index contributed by atoms with van der Waals surface area (Å²) in [6, 6.07) is 6.80. The number of nitro benzene ring substituents is 1. The standard InChI is InChI=1S/C16H12ClFN2O5/c1-2-25-16(22)10-5-9(6-12(7-10)20(23)24)15(21)19-11-3-4-13(17)14(18)8-11/h3-8H,2H2,1H3,(H,19,21). The van der Waals surface area contributed by atoms with Gasteiger partial charge in [0.05, 0.1) is 22.1 Å². The molecule has 0 radical (unpaired) electrons. The van der Waals surface area contributed by atoms with Gasteiger partial charge in [-0.3, -0.25) is 14.9 Å². The lowest BCUT2D eigenvalue weighted by molar-refractivity contribution is -0.384. The molecule has 0 aliphatic carbocycles. The van der Waals surface area contributed by atoms with E-state index in [1.165, 1.54) is 12.1 Å². The number of amides is 1. The van der Waals surface area contributed by atoms with Crippen molar-refractivity contribution >= 4 is 34.9 Å². The van der Waals surface area contributed by atoms with E-state index in [2.05, 4.69) is 5.32 Å². The van der Waals surface area contributed by atoms with E-state index in [0.717, 1.165) is 24.3 Å². The number of hydrogen-bond donors (Lipinski definition) is 1. The van der Waals surface area contributed by atoms with Crippen molar-refractivity contribution in [3.63, 3.8) is 0 Å². The fourth-order valence-corrected chi connectivity index (χ4v) is 2.07. The molecule has 0 unspecified atom stereocenters. The average molecular weight is 367 g/mol. The maximum atomic E-state index is 13.4. The monoisotopic (exact) mass is 366 g/mol. The summed E-state index contributed by atoms with van der Waals surface area (Å²) in [5.74, 6) is -2.28. The van der Waals surface area contributed by atoms with Gasteiger partial charge in [0.25, 0.3) is 11.6 Å². The Kier molecular flexibility index (Phi) is 5.66. The number of nitrogens with zero attached hydrogens (tertiary/aromatic N) is 1. The predicted octanol–water partition coefficient (Wildman–Crippen LogP) is 3.82. The predicted molar refractivity (Wildman–Crippen MR) is 88.4 cm³/mol. The molecule has 2 rings (SSSR count). The van der Waals surface area contributed by atoms with E-state index in [1.54, 1.807) is 6.92 Å². The number of carbonyl (C=O) groups is 2. The number of benzene rings is 2. The lowest BCUT2D eigenvalue weighted by Crippen LogP contribution is -2.14. The smallest absolute Gasteiger partial charge is 0.338 e. The van der Waals surface area contributed by atoms with Gasteiger partial charge in [-0.15, -0.1) is 0 Å². The molecule has 0 aliphatic rings. The van der Waals surface area contributed by atoms with Gasteiger partial charge in [0.15, 0.2) is 0 Å². The summed E-state index contributed by atoms with van der Waals surface area (Å²) in [7, 11) is 0. The molecule has 0 saturated heterocycles. The molecule has 1 N–H and O–H groups in total. The van der Waals surface area contributed by atoms with Crippen LogP contribution in [-0.2, 0) is 4.74 Å². The van der Waals surface area contributed by atoms with Crippen LogP contribution in [-0.4, -0.2) is 23.4 Å². The molecule has 0 bridgehead atoms. The maximum absolute atomic E-state index is 13.4. The molecule has 25 heavy (non-hydrogen) atoms. The zero-order chi connectivity index (χ0) is 18.6. The zero-order valence-corrected chi connectivity index (χ0v) is 13.7. The number of anilines is 1. The molecule has 0 heterocycles. The highest BCUT2D eigenvalue weighted by Gasteiger charge is 2.19. The fraction of sp³-hybridized carbons (Fsp3) is 0.125. The summed E-state index contributed by atoms with van der Waals surface area (Å²) in [5, 5.41) is 13.3. The second-order valence-electron chi connectivity index (χ2n) is 4.83. The van der Waals surface area contributed by atoms with Gasteiger partial charge in [-0.05, 0) is 31.2 Å². The highest BCUT2D eigenvalue weighted by atomic mass is 35.5. The maximum Gasteiger partial charge on any atom is 0.338 e. The molecular formula is C16H12ClFN2O5. The molecule has 0 fully saturated rings. The first-order chi connectivity index (χ1) is 11.8. The van der Waals surface area contributed by atoms with Gasteiger partial charge < -0.3 is 10.1 Å². The van der Waals surface area contributed by atoms with Gasteiger partial charge in [-0.25, -0.2) is 9.18 Å². The quantitative estimate of drug-likeness (QED) is 0.492. The van der Waals surface area contributed by atoms with Crippen LogP contribution in [0.15, 0.2) is 36.4 Å². The van der Waals surface area contributed by atoms with E-state index in [4.69, 9.17) is 16.3 Å². The van der Waals surface area contributed by atoms with Gasteiger partial charge in [0.2, 0.25) is 0 Å². The normalized spacial score (nSPS) is 10.2. The van der Waals surface area contributed by atoms with E-state index in [9.17, 15) is 24.1 Å². The molecule has 130 valence electrons. The van der Waals surface area contributed by atoms with Gasteiger partial charge in [0, 0.05) is 23.4 Å². The summed E-state index contributed by atoms with van der Waals surface area (Å²) in [6.45, 7) is 1.66. The third-order valence-electron chi connectivity index (χ3n) is 3.08. The second-order valence-corrected chi connectivity index (χ2v) is 5.24. The first-order valence-electron chi connectivity index (χ1n) is 7.04. The molecule has 7 nitrogen and oxygen atoms in total. The summed E-state index contributed by atoms with van der Waals surface area (Å²) < 4.78 is 18.2. The van der Waals surface area contributed by atoms with Gasteiger partial charge in [-0.1, -0.05) is 11.6 Å². The van der Waals surface area contributed by atoms with Crippen molar-refractivity contribution in [2.75, 3.05) is 11.9 Å². The second kappa shape index (κ2) is 7.71. The van der Waals surface area contributed by atoms with Crippen molar-refractivity contribution in [1.82, 2.24) is 0 Å². The Morgan fingerprint density at radius 3 is 2.52 bits per heavy atom. The minimum atomic E-state index is -0.794. The van der Waals surface area contributed by atoms with E-state index in [0.29, 0.717) is 0 Å². The largest absolute Gasteiger partial charge is 0.462 e. The first kappa shape index (κ1) is 18.3. The molecule has 2 aromatic carbocycles. The van der Waals surface area contributed by atoms with Crippen molar-refractivity contribution in [2.45, 2.75) is 6.92 Å². The third kappa shape index (κ3) is 4.51. The number of non-ortho nitro benzene ring substituents is 1. The van der Waals surface area contributed by atoms with Crippen LogP contribution in [0.25, 0.3) is 0 Å². The lowest BCUT2D eigenvalue weighted by atomic mass is 10.1. The van der Waals surface area contributed by atoms with Crippen molar-refractivity contribution in [1.29, 1.82) is 0 Å². The summed E-state index contributed by atoms with van der Waals surface area (Å²) >= 11 is 5.56. The molecule has 0 saturated carbocycles. The topological polar surface area (TPSA) is 98.5 Å². The van der Waals surface area contributed by atoms with E-state index in [1.807, 2.05) is 0 Å². The number of carbonyl (C=O) groups excluding carboxylic acids is 2. The van der Waals surface area contributed by atoms with Gasteiger partial charge in [0.1, 0.15) is 5.82 Å². The summed E-state index contributed by atoms with van der Waals surface area (Å²) in [5.41, 5.74) is -0.620. The fourth-order valence-electron chi connectivity index (χ4n) is 1.96. The number of hydrogen-bond acceptors (Lipinski definition) is 5. The Morgan fingerprint density at radius 2 is 1.92 bits per heavy atom. The number of nitrogens with one attached hydrogen (secondary N) is 1. The van der Waals surface area contributed by atoms with Crippen LogP contribution in [0.4, 0.5) is 15.8 Å². The number of ether oxygens (including phenoxy) is 1. The van der Waals surface area contributed by atoms with Gasteiger partial charge in [-0.2, -0.15) is 0 Å². The summed E-state index contributed by atoms with van der Waals surface area (Å²) in [4.78, 5) is 34.3. The van der Waals surface area contributed by atoms with Crippen LogP contribution >= 0.6 is 11.6 Å². The Hall–Kier alpha value is -3.00. The summed E-state index contributed by atoms with van der Waals surface area (Å²) in [6.07, 6.45) is 0. The van der Waals surface area contributed by atoms with Crippen molar-refractivity contribution in [3.05, 3.63) is 68.5 Å². The molecule has 0 atom stereocenters. The van der Waals surface area contributed by atoms with Crippen LogP contribution in [0.2, 0.25) is 5.02 Å². The molecule has 0 aromatic heterocycles. The molecular weight excluding hydrogens is 355 g/mol. The number of esters is 1. The Bertz CT molecular complexity index is 856. The third-order valence-corrected chi connectivity index (χ3v) is 3.39. The van der Waals surface area contributed by atoms with Crippen molar-refractivity contribution in [3.8, 4) is 0 Å². The Labute approximate surface area is 146 Å². The van der Waals surface area contributed by atoms with Gasteiger partial charge >= 0.3 is 5.97 Å². The molecule has 0 spiro atoms. The van der Waals surface area contributed by atoms with Crippen LogP contribution in [0, 0.1) is 15.9 Å². The molecule has 9 heteroatoms. The number of nitro groups is 1. The first-order valence-corrected chi connectivity index (χ1v) is 7.42. The Morgan fingerprint density at radius 1 is 1.24 bits per heavy atom. The van der Waals surface area contributed by atoms with Crippen LogP contribution in [0.5, 0.6) is 0 Å². The lowest BCUT2D eigenvalue weighted by Gasteiger charge is -2.08. The van der Waals surface area contributed by atoms with Crippen molar-refractivity contribution < 1.29 is 23.6 Å². The minimum absolute atomic E-state index is 0.0765. The zero-order valence-electron chi connectivity index (χ0n) is 12.9. The molecule has 0 aliphatic heterocycles. The highest BCUT2D eigenvalue weighted by molar-refractivity contribution is 6.30. The number of halogens is 2. The number of rotatable bonds is 5. The van der Waals surface area contributed by atoms with Crippen molar-refractivity contribution in [2.24, 2.45) is 0 Å². The van der Waals surface area contributed by atoms with E-state index < -0.39 is 28.3 Å². The van der Waals surface area contributed by atoms with Crippen LogP contribution in [0.3, 0.4) is 0 Å². The molecule has 2 aromatic rings. The molecule has 1 amide bonds. The minimum Gasteiger partial charge on any atom is -0.462 e. The Balaban J connectivity index is 2.35. The van der Waals surface area contributed by atoms with Crippen LogP contribution in [0.1, 0.15) is 27.6 Å². The highest BCUT2D eigenvalue weighted by Crippen LogP contribution is 2.22. The SMILES string of the molecule is CCOC(=O)c1cc(C(=O)Nc2ccc(Cl)c(F)c2)cc([N+](=O)[O-])c1. The average Bonchev–Trinajstić information content (AvgIpc) is 2.58. The van der Waals surface area contributed by atoms with E-state index in [-0.39, 0.29) is 28.4 Å². The van der Waals surface area contributed by atoms with Crippen LogP contribution < -0.4 is 5.32 Å². The van der Waals surface area contributed by atoms with E-state index >= 15 is 0 Å².